The fraction of sp³-hybridized carbons (Fsp3) is 0.278. The van der Waals surface area contributed by atoms with E-state index in [9.17, 15) is 20.6 Å². The molecule has 6 N–H and O–H groups in total. The second-order valence-electron chi connectivity index (χ2n) is 5.34. The lowest BCUT2D eigenvalue weighted by Gasteiger charge is -2.17. The maximum absolute atomic E-state index is 9.84. The number of allylic oxidation sites excluding steroid dienone is 1. The van der Waals surface area contributed by atoms with E-state index < -0.39 is 0 Å². The number of aromatic nitrogens is 1. The Morgan fingerprint density at radius 3 is 2.33 bits per heavy atom. The molecule has 0 atom stereocenters. The van der Waals surface area contributed by atoms with Crippen LogP contribution in [0.25, 0.3) is 11.1 Å². The van der Waals surface area contributed by atoms with Crippen molar-refractivity contribution in [1.29, 1.82) is 5.26 Å². The molecular formula is C18H21N3O3. The highest BCUT2D eigenvalue weighted by Crippen LogP contribution is 2.36. The molecule has 0 bridgehead atoms. The molecule has 2 rings (SSSR count). The summed E-state index contributed by atoms with van der Waals surface area (Å²) in [6.07, 6.45) is 2.16. The van der Waals surface area contributed by atoms with Crippen molar-refractivity contribution >= 4 is 0 Å². The third kappa shape index (κ3) is 2.98. The lowest BCUT2D eigenvalue weighted by Crippen LogP contribution is -2.06. The molecule has 0 aliphatic heterocycles. The number of H-pyrrole nitrogens is 1. The lowest BCUT2D eigenvalue weighted by atomic mass is 9.89. The summed E-state index contributed by atoms with van der Waals surface area (Å²) in [4.78, 5) is 3.02. The summed E-state index contributed by atoms with van der Waals surface area (Å²) < 4.78 is 0. The van der Waals surface area contributed by atoms with Gasteiger partial charge in [0.1, 0.15) is 11.8 Å². The molecule has 1 aromatic heterocycles. The molecule has 0 saturated heterocycles. The summed E-state index contributed by atoms with van der Waals surface area (Å²) in [7, 11) is 0. The van der Waals surface area contributed by atoms with Gasteiger partial charge in [-0.15, -0.1) is 6.58 Å². The van der Waals surface area contributed by atoms with Crippen LogP contribution in [-0.2, 0) is 32.8 Å². The van der Waals surface area contributed by atoms with Gasteiger partial charge < -0.3 is 26.0 Å². The van der Waals surface area contributed by atoms with Crippen LogP contribution in [0.2, 0.25) is 0 Å². The van der Waals surface area contributed by atoms with Crippen molar-refractivity contribution in [3.8, 4) is 17.2 Å². The Labute approximate surface area is 140 Å². The van der Waals surface area contributed by atoms with Crippen LogP contribution >= 0.6 is 0 Å². The molecule has 0 radical (unpaired) electrons. The maximum Gasteiger partial charge on any atom is 0.122 e. The molecule has 126 valence electrons. The van der Waals surface area contributed by atoms with Crippen LogP contribution in [-0.4, -0.2) is 20.3 Å². The average Bonchev–Trinajstić information content (AvgIpc) is 2.97. The quantitative estimate of drug-likeness (QED) is 0.489. The molecule has 0 amide bonds. The third-order valence-corrected chi connectivity index (χ3v) is 4.13. The van der Waals surface area contributed by atoms with Gasteiger partial charge in [-0.2, -0.15) is 5.26 Å². The minimum atomic E-state index is -0.302. The summed E-state index contributed by atoms with van der Waals surface area (Å²) in [5.41, 5.74) is 10.7. The van der Waals surface area contributed by atoms with E-state index in [4.69, 9.17) is 5.73 Å². The van der Waals surface area contributed by atoms with Crippen LogP contribution in [0.3, 0.4) is 0 Å². The molecular weight excluding hydrogens is 306 g/mol. The zero-order valence-corrected chi connectivity index (χ0v) is 13.3. The molecule has 1 aromatic carbocycles. The number of hydrogen-bond donors (Lipinski definition) is 5. The Morgan fingerprint density at radius 1 is 1.12 bits per heavy atom. The Balaban J connectivity index is 2.83. The first kappa shape index (κ1) is 17.9. The molecule has 0 unspecified atom stereocenters. The lowest BCUT2D eigenvalue weighted by molar-refractivity contribution is 0.248. The van der Waals surface area contributed by atoms with E-state index in [1.165, 1.54) is 0 Å². The van der Waals surface area contributed by atoms with Crippen LogP contribution in [0.15, 0.2) is 24.8 Å². The number of benzene rings is 1. The molecule has 2 aromatic rings. The number of rotatable bonds is 7. The maximum atomic E-state index is 9.84. The second kappa shape index (κ2) is 7.90. The van der Waals surface area contributed by atoms with Crippen LogP contribution in [0.4, 0.5) is 0 Å². The van der Waals surface area contributed by atoms with Gasteiger partial charge in [0, 0.05) is 17.8 Å². The molecule has 6 heteroatoms. The van der Waals surface area contributed by atoms with E-state index in [1.807, 2.05) is 0 Å². The van der Waals surface area contributed by atoms with E-state index in [0.717, 1.165) is 11.1 Å². The van der Waals surface area contributed by atoms with Gasteiger partial charge in [0.15, 0.2) is 0 Å². The minimum absolute atomic E-state index is 0.197. The first-order chi connectivity index (χ1) is 11.7. The second-order valence-corrected chi connectivity index (χ2v) is 5.34. The fourth-order valence-electron chi connectivity index (χ4n) is 3.02. The highest BCUT2D eigenvalue weighted by atomic mass is 16.3. The van der Waals surface area contributed by atoms with E-state index >= 15 is 0 Å². The molecule has 0 aliphatic rings. The van der Waals surface area contributed by atoms with Crippen molar-refractivity contribution in [1.82, 2.24) is 4.98 Å². The molecule has 0 spiro atoms. The molecule has 0 fully saturated rings. The predicted octanol–water partition coefficient (Wildman–Crippen LogP) is 1.22. The Kier molecular flexibility index (Phi) is 5.90. The highest BCUT2D eigenvalue weighted by Gasteiger charge is 2.21. The molecule has 6 nitrogen and oxygen atoms in total. The van der Waals surface area contributed by atoms with Crippen molar-refractivity contribution in [2.45, 2.75) is 32.8 Å². The summed E-state index contributed by atoms with van der Waals surface area (Å²) in [6.45, 7) is 3.09. The van der Waals surface area contributed by atoms with E-state index in [0.29, 0.717) is 40.1 Å². The van der Waals surface area contributed by atoms with Crippen molar-refractivity contribution in [2.24, 2.45) is 5.73 Å². The monoisotopic (exact) mass is 327 g/mol. The summed E-state index contributed by atoms with van der Waals surface area (Å²) in [5, 5.41) is 38.3. The Bertz CT molecular complexity index is 788. The largest absolute Gasteiger partial charge is 0.392 e. The van der Waals surface area contributed by atoms with Crippen molar-refractivity contribution < 1.29 is 15.3 Å². The summed E-state index contributed by atoms with van der Waals surface area (Å²) >= 11 is 0. The van der Waals surface area contributed by atoms with Gasteiger partial charge in [0.25, 0.3) is 0 Å². The average molecular weight is 327 g/mol. The van der Waals surface area contributed by atoms with Crippen LogP contribution in [0, 0.1) is 11.3 Å². The van der Waals surface area contributed by atoms with Gasteiger partial charge >= 0.3 is 0 Å². The van der Waals surface area contributed by atoms with Gasteiger partial charge in [-0.1, -0.05) is 18.2 Å². The predicted molar refractivity (Wildman–Crippen MR) is 90.5 cm³/mol. The fourth-order valence-corrected chi connectivity index (χ4v) is 3.02. The van der Waals surface area contributed by atoms with Crippen molar-refractivity contribution in [3.05, 3.63) is 58.4 Å². The first-order valence-electron chi connectivity index (χ1n) is 7.58. The summed E-state index contributed by atoms with van der Waals surface area (Å²) in [5.74, 6) is 0. The normalized spacial score (nSPS) is 10.6. The Hall–Kier alpha value is -2.43. The standard InChI is InChI=1S/C18H21N3O3/c1-2-3-13-16(6-19)21-17(7-20)18(13)12-5-4-11(8-22)14(9-23)15(12)10-24/h2,4-5,21-24H,1,3,7-10,20H2. The summed E-state index contributed by atoms with van der Waals surface area (Å²) in [6, 6.07) is 5.60. The number of nitrogens with two attached hydrogens (primary N) is 1. The zero-order chi connectivity index (χ0) is 17.7. The zero-order valence-electron chi connectivity index (χ0n) is 13.3. The van der Waals surface area contributed by atoms with Crippen LogP contribution < -0.4 is 5.73 Å². The number of aromatic amines is 1. The van der Waals surface area contributed by atoms with E-state index in [1.54, 1.807) is 18.2 Å². The van der Waals surface area contributed by atoms with E-state index in [-0.39, 0.29) is 26.4 Å². The minimum Gasteiger partial charge on any atom is -0.392 e. The number of nitriles is 1. The molecule has 1 heterocycles. The number of nitrogens with one attached hydrogen (secondary N) is 1. The molecule has 0 saturated carbocycles. The first-order valence-corrected chi connectivity index (χ1v) is 7.58. The Morgan fingerprint density at radius 2 is 1.83 bits per heavy atom. The molecule has 24 heavy (non-hydrogen) atoms. The topological polar surface area (TPSA) is 126 Å². The van der Waals surface area contributed by atoms with Crippen molar-refractivity contribution in [3.63, 3.8) is 0 Å². The third-order valence-electron chi connectivity index (χ3n) is 4.13. The van der Waals surface area contributed by atoms with Gasteiger partial charge in [0.05, 0.1) is 19.8 Å². The SMILES string of the molecule is C=CCc1c(C#N)[nH]c(CN)c1-c1ccc(CO)c(CO)c1CO. The number of hydrogen-bond acceptors (Lipinski definition) is 5. The van der Waals surface area contributed by atoms with Crippen LogP contribution in [0.1, 0.15) is 33.6 Å². The van der Waals surface area contributed by atoms with Crippen LogP contribution in [0.5, 0.6) is 0 Å². The number of nitrogens with zero attached hydrogens (tertiary/aromatic N) is 1. The van der Waals surface area contributed by atoms with Gasteiger partial charge in [-0.25, -0.2) is 0 Å². The van der Waals surface area contributed by atoms with Crippen molar-refractivity contribution in [2.75, 3.05) is 0 Å². The number of aliphatic hydroxyl groups is 3. The van der Waals surface area contributed by atoms with Gasteiger partial charge in [0.2, 0.25) is 0 Å². The molecule has 0 aliphatic carbocycles. The van der Waals surface area contributed by atoms with E-state index in [2.05, 4.69) is 17.6 Å². The smallest absolute Gasteiger partial charge is 0.122 e. The highest BCUT2D eigenvalue weighted by molar-refractivity contribution is 5.77. The number of aliphatic hydroxyl groups excluding tert-OH is 3. The van der Waals surface area contributed by atoms with Gasteiger partial charge in [-0.05, 0) is 34.2 Å². The van der Waals surface area contributed by atoms with Gasteiger partial charge in [-0.3, -0.25) is 0 Å².